The number of benzene rings is 6. The van der Waals surface area contributed by atoms with E-state index in [1.165, 1.54) is 30.3 Å². The molecule has 0 amide bonds. The summed E-state index contributed by atoms with van der Waals surface area (Å²) in [5, 5.41) is 11.5. The molecule has 6 aromatic carbocycles. The molecular formula is C47H38O14. The van der Waals surface area contributed by atoms with Gasteiger partial charge in [-0.3, -0.25) is 0 Å². The minimum Gasteiger partial charge on any atom is -0.482 e. The molecule has 0 fully saturated rings. The number of carbonyl (C=O) groups is 4. The lowest BCUT2D eigenvalue weighted by atomic mass is 9.94. The Morgan fingerprint density at radius 1 is 0.475 bits per heavy atom. The van der Waals surface area contributed by atoms with Crippen LogP contribution in [-0.4, -0.2) is 35.8 Å². The van der Waals surface area contributed by atoms with Crippen LogP contribution in [0.1, 0.15) is 39.5 Å². The average molecular weight is 827 g/mol. The highest BCUT2D eigenvalue weighted by Gasteiger charge is 2.34. The van der Waals surface area contributed by atoms with E-state index in [-0.39, 0.29) is 72.7 Å². The van der Waals surface area contributed by atoms with Gasteiger partial charge in [-0.05, 0) is 39.9 Å². The summed E-state index contributed by atoms with van der Waals surface area (Å²) in [4.78, 5) is 51.5. The van der Waals surface area contributed by atoms with E-state index in [1.807, 2.05) is 24.3 Å². The molecule has 1 heterocycles. The van der Waals surface area contributed by atoms with Crippen molar-refractivity contribution in [1.82, 2.24) is 0 Å². The third kappa shape index (κ3) is 11.9. The van der Waals surface area contributed by atoms with E-state index in [0.717, 1.165) is 16.7 Å². The maximum Gasteiger partial charge on any atom is 0.514 e. The molecule has 61 heavy (non-hydrogen) atoms. The van der Waals surface area contributed by atoms with Crippen LogP contribution < -0.4 is 23.7 Å². The van der Waals surface area contributed by atoms with Crippen molar-refractivity contribution in [2.24, 2.45) is 0 Å². The summed E-state index contributed by atoms with van der Waals surface area (Å²) < 4.78 is 49.5. The van der Waals surface area contributed by atoms with E-state index in [4.69, 9.17) is 42.6 Å². The van der Waals surface area contributed by atoms with Gasteiger partial charge in [0.1, 0.15) is 49.8 Å². The predicted octanol–water partition coefficient (Wildman–Crippen LogP) is 9.59. The van der Waals surface area contributed by atoms with Crippen molar-refractivity contribution in [2.45, 2.75) is 45.1 Å². The van der Waals surface area contributed by atoms with Gasteiger partial charge in [-0.15, -0.1) is 0 Å². The summed E-state index contributed by atoms with van der Waals surface area (Å²) in [7, 11) is 0. The predicted molar refractivity (Wildman–Crippen MR) is 215 cm³/mol. The molecule has 310 valence electrons. The van der Waals surface area contributed by atoms with Gasteiger partial charge in [-0.1, -0.05) is 127 Å². The maximum absolute atomic E-state index is 13.0. The zero-order valence-corrected chi connectivity index (χ0v) is 32.4. The van der Waals surface area contributed by atoms with Crippen LogP contribution in [0.3, 0.4) is 0 Å². The van der Waals surface area contributed by atoms with Crippen LogP contribution in [-0.2, 0) is 51.8 Å². The van der Waals surface area contributed by atoms with E-state index in [0.29, 0.717) is 5.56 Å². The van der Waals surface area contributed by atoms with Crippen molar-refractivity contribution in [2.75, 3.05) is 0 Å². The van der Waals surface area contributed by atoms with Gasteiger partial charge in [0.15, 0.2) is 11.5 Å². The minimum atomic E-state index is -1.28. The Labute approximate surface area is 349 Å². The molecule has 0 saturated heterocycles. The molecule has 0 bridgehead atoms. The van der Waals surface area contributed by atoms with Crippen LogP contribution >= 0.6 is 0 Å². The van der Waals surface area contributed by atoms with Crippen molar-refractivity contribution in [3.63, 3.8) is 0 Å². The SMILES string of the molecule is O=C(OCc1ccccc1)Oc1cc(OC(=O)OCc2ccccc2)c2c(c1)OC(c1ccc(OC(=O)OCc3ccccc3)c(OC(=O)OCc3ccccc3)c1)[C@H](O)C2. The van der Waals surface area contributed by atoms with E-state index in [2.05, 4.69) is 0 Å². The zero-order chi connectivity index (χ0) is 42.4. The molecule has 1 unspecified atom stereocenters. The summed E-state index contributed by atoms with van der Waals surface area (Å²) in [6.07, 6.45) is -6.85. The largest absolute Gasteiger partial charge is 0.514 e. The standard InChI is InChI=1S/C47H38O14/c48-38-26-37-40(24-36(57-44(49)53-27-31-13-5-1-6-14-31)25-41(37)60-46(51)55-29-33-17-9-3-10-18-33)58-43(38)35-21-22-39(59-45(50)54-28-32-15-7-2-8-16-32)42(23-35)61-47(52)56-30-34-19-11-4-12-20-34/h1-25,38,43,48H,26-30H2/t38-,43?/m1/s1. The monoisotopic (exact) mass is 826 g/mol. The molecule has 0 saturated carbocycles. The Kier molecular flexibility index (Phi) is 13.7. The number of hydrogen-bond acceptors (Lipinski definition) is 14. The first-order valence-corrected chi connectivity index (χ1v) is 19.0. The van der Waals surface area contributed by atoms with Gasteiger partial charge < -0.3 is 47.7 Å². The van der Waals surface area contributed by atoms with Crippen molar-refractivity contribution >= 4 is 24.6 Å². The highest BCUT2D eigenvalue weighted by Crippen LogP contribution is 2.44. The molecule has 1 N–H and O–H groups in total. The normalized spacial score (nSPS) is 13.9. The van der Waals surface area contributed by atoms with Gasteiger partial charge in [0.25, 0.3) is 0 Å². The first-order chi connectivity index (χ1) is 29.8. The van der Waals surface area contributed by atoms with Crippen LogP contribution in [0.2, 0.25) is 0 Å². The van der Waals surface area contributed by atoms with E-state index in [9.17, 15) is 24.3 Å². The number of ether oxygens (including phenoxy) is 9. The highest BCUT2D eigenvalue weighted by molar-refractivity contribution is 5.70. The van der Waals surface area contributed by atoms with E-state index in [1.54, 1.807) is 97.1 Å². The van der Waals surface area contributed by atoms with Gasteiger partial charge in [0.2, 0.25) is 0 Å². The molecule has 0 aromatic heterocycles. The Morgan fingerprint density at radius 3 is 1.34 bits per heavy atom. The van der Waals surface area contributed by atoms with Crippen molar-refractivity contribution < 1.29 is 66.9 Å². The van der Waals surface area contributed by atoms with Gasteiger partial charge >= 0.3 is 24.6 Å². The third-order valence-electron chi connectivity index (χ3n) is 9.03. The smallest absolute Gasteiger partial charge is 0.482 e. The summed E-state index contributed by atoms with van der Waals surface area (Å²) in [6, 6.07) is 42.6. The number of rotatable bonds is 13. The van der Waals surface area contributed by atoms with Gasteiger partial charge in [0.05, 0.1) is 6.10 Å². The maximum atomic E-state index is 13.0. The molecule has 1 aliphatic rings. The second-order valence-electron chi connectivity index (χ2n) is 13.4. The second-order valence-corrected chi connectivity index (χ2v) is 13.4. The van der Waals surface area contributed by atoms with Crippen molar-refractivity contribution in [3.8, 4) is 28.7 Å². The molecule has 14 nitrogen and oxygen atoms in total. The summed E-state index contributed by atoms with van der Waals surface area (Å²) in [5.74, 6) is -0.595. The lowest BCUT2D eigenvalue weighted by Crippen LogP contribution is -2.31. The van der Waals surface area contributed by atoms with Crippen molar-refractivity contribution in [1.29, 1.82) is 0 Å². The molecule has 2 atom stereocenters. The average Bonchev–Trinajstić information content (AvgIpc) is 3.28. The number of carbonyl (C=O) groups excluding carboxylic acids is 4. The fourth-order valence-electron chi connectivity index (χ4n) is 6.09. The fraction of sp³-hybridized carbons (Fsp3) is 0.149. The van der Waals surface area contributed by atoms with E-state index >= 15 is 0 Å². The van der Waals surface area contributed by atoms with Crippen LogP contribution in [0.25, 0.3) is 0 Å². The summed E-state index contributed by atoms with van der Waals surface area (Å²) >= 11 is 0. The Morgan fingerprint density at radius 2 is 0.885 bits per heavy atom. The Balaban J connectivity index is 1.12. The molecule has 1 aliphatic heterocycles. The van der Waals surface area contributed by atoms with Crippen LogP contribution in [0, 0.1) is 0 Å². The number of fused-ring (bicyclic) bond motifs is 1. The lowest BCUT2D eigenvalue weighted by molar-refractivity contribution is 0.0190. The van der Waals surface area contributed by atoms with Gasteiger partial charge in [-0.25, -0.2) is 19.2 Å². The van der Waals surface area contributed by atoms with Crippen LogP contribution in [0.4, 0.5) is 19.2 Å². The molecule has 7 rings (SSSR count). The topological polar surface area (TPSA) is 172 Å². The molecular weight excluding hydrogens is 789 g/mol. The number of hydrogen-bond donors (Lipinski definition) is 1. The van der Waals surface area contributed by atoms with E-state index < -0.39 is 36.8 Å². The quantitative estimate of drug-likeness (QED) is 0.0663. The summed E-state index contributed by atoms with van der Waals surface area (Å²) in [5.41, 5.74) is 3.39. The first-order valence-electron chi connectivity index (χ1n) is 19.0. The van der Waals surface area contributed by atoms with Crippen LogP contribution in [0.5, 0.6) is 28.7 Å². The number of aliphatic hydroxyl groups excluding tert-OH is 1. The second kappa shape index (κ2) is 20.2. The Bertz CT molecular complexity index is 2430. The highest BCUT2D eigenvalue weighted by atomic mass is 16.8. The van der Waals surface area contributed by atoms with Gasteiger partial charge in [-0.2, -0.15) is 0 Å². The molecule has 0 spiro atoms. The van der Waals surface area contributed by atoms with Crippen molar-refractivity contribution in [3.05, 3.63) is 185 Å². The fourth-order valence-corrected chi connectivity index (χ4v) is 6.09. The number of aliphatic hydroxyl groups is 1. The molecule has 0 aliphatic carbocycles. The first kappa shape index (κ1) is 41.3. The van der Waals surface area contributed by atoms with Gasteiger partial charge in [0, 0.05) is 24.1 Å². The molecule has 6 aromatic rings. The van der Waals surface area contributed by atoms with Crippen LogP contribution in [0.15, 0.2) is 152 Å². The summed E-state index contributed by atoms with van der Waals surface area (Å²) in [6.45, 7) is -0.343. The molecule has 14 heteroatoms. The third-order valence-corrected chi connectivity index (χ3v) is 9.03. The lowest BCUT2D eigenvalue weighted by Gasteiger charge is -2.32. The Hall–Kier alpha value is -7.84. The molecule has 0 radical (unpaired) electrons. The zero-order valence-electron chi connectivity index (χ0n) is 32.4. The minimum absolute atomic E-state index is 0.0702.